The zero-order valence-electron chi connectivity index (χ0n) is 8.46. The molecular weight excluding hydrogens is 166 g/mol. The SMILES string of the molecule is COCCCNCC1CCCC1O. The van der Waals surface area contributed by atoms with Crippen LogP contribution < -0.4 is 5.32 Å². The van der Waals surface area contributed by atoms with Gasteiger partial charge < -0.3 is 15.2 Å². The van der Waals surface area contributed by atoms with E-state index in [0.717, 1.165) is 32.5 Å². The number of rotatable bonds is 6. The molecule has 0 bridgehead atoms. The van der Waals surface area contributed by atoms with Crippen molar-refractivity contribution in [3.05, 3.63) is 0 Å². The summed E-state index contributed by atoms with van der Waals surface area (Å²) >= 11 is 0. The fourth-order valence-electron chi connectivity index (χ4n) is 1.88. The molecule has 1 aliphatic carbocycles. The van der Waals surface area contributed by atoms with Crippen molar-refractivity contribution in [2.75, 3.05) is 26.8 Å². The predicted octanol–water partition coefficient (Wildman–Crippen LogP) is 0.773. The van der Waals surface area contributed by atoms with E-state index in [1.165, 1.54) is 12.8 Å². The fourth-order valence-corrected chi connectivity index (χ4v) is 1.88. The molecule has 0 radical (unpaired) electrons. The summed E-state index contributed by atoms with van der Waals surface area (Å²) in [6.07, 6.45) is 4.35. The zero-order chi connectivity index (χ0) is 9.52. The predicted molar refractivity (Wildman–Crippen MR) is 52.7 cm³/mol. The molecule has 1 fully saturated rings. The van der Waals surface area contributed by atoms with Crippen LogP contribution in [0.5, 0.6) is 0 Å². The maximum atomic E-state index is 9.53. The number of nitrogens with one attached hydrogen (secondary N) is 1. The summed E-state index contributed by atoms with van der Waals surface area (Å²) in [6, 6.07) is 0. The first-order chi connectivity index (χ1) is 6.34. The molecule has 0 aliphatic heterocycles. The normalized spacial score (nSPS) is 28.2. The fraction of sp³-hybridized carbons (Fsp3) is 1.00. The molecule has 0 saturated heterocycles. The Balaban J connectivity index is 1.93. The van der Waals surface area contributed by atoms with E-state index in [9.17, 15) is 5.11 Å². The summed E-state index contributed by atoms with van der Waals surface area (Å²) in [7, 11) is 1.72. The smallest absolute Gasteiger partial charge is 0.0580 e. The number of aliphatic hydroxyl groups excluding tert-OH is 1. The molecule has 1 saturated carbocycles. The Morgan fingerprint density at radius 1 is 1.46 bits per heavy atom. The molecule has 1 aliphatic rings. The highest BCUT2D eigenvalue weighted by molar-refractivity contribution is 4.77. The minimum absolute atomic E-state index is 0.0603. The van der Waals surface area contributed by atoms with Crippen molar-refractivity contribution in [1.29, 1.82) is 0 Å². The molecule has 3 heteroatoms. The highest BCUT2D eigenvalue weighted by Crippen LogP contribution is 2.24. The Labute approximate surface area is 80.5 Å². The molecule has 78 valence electrons. The monoisotopic (exact) mass is 187 g/mol. The van der Waals surface area contributed by atoms with Crippen LogP contribution >= 0.6 is 0 Å². The Morgan fingerprint density at radius 3 is 2.92 bits per heavy atom. The Kier molecular flexibility index (Phi) is 5.35. The first-order valence-electron chi connectivity index (χ1n) is 5.22. The van der Waals surface area contributed by atoms with Gasteiger partial charge in [0.05, 0.1) is 6.10 Å². The van der Waals surface area contributed by atoms with Crippen LogP contribution in [0.4, 0.5) is 0 Å². The van der Waals surface area contributed by atoms with Gasteiger partial charge in [0.25, 0.3) is 0 Å². The van der Waals surface area contributed by atoms with Gasteiger partial charge in [-0.3, -0.25) is 0 Å². The standard InChI is InChI=1S/C10H21NO2/c1-13-7-3-6-11-8-9-4-2-5-10(9)12/h9-12H,2-8H2,1H3. The Morgan fingerprint density at radius 2 is 2.31 bits per heavy atom. The van der Waals surface area contributed by atoms with Gasteiger partial charge in [0.15, 0.2) is 0 Å². The summed E-state index contributed by atoms with van der Waals surface area (Å²) in [5.41, 5.74) is 0. The molecule has 13 heavy (non-hydrogen) atoms. The van der Waals surface area contributed by atoms with Crippen LogP contribution in [0, 0.1) is 5.92 Å². The highest BCUT2D eigenvalue weighted by Gasteiger charge is 2.24. The van der Waals surface area contributed by atoms with Gasteiger partial charge in [0, 0.05) is 20.3 Å². The van der Waals surface area contributed by atoms with E-state index in [-0.39, 0.29) is 6.10 Å². The largest absolute Gasteiger partial charge is 0.393 e. The maximum absolute atomic E-state index is 9.53. The van der Waals surface area contributed by atoms with Crippen molar-refractivity contribution in [2.24, 2.45) is 5.92 Å². The lowest BCUT2D eigenvalue weighted by Gasteiger charge is -2.14. The minimum Gasteiger partial charge on any atom is -0.393 e. The number of hydrogen-bond acceptors (Lipinski definition) is 3. The summed E-state index contributed by atoms with van der Waals surface area (Å²) in [4.78, 5) is 0. The molecule has 1 rings (SSSR count). The zero-order valence-corrected chi connectivity index (χ0v) is 8.46. The van der Waals surface area contributed by atoms with E-state index in [0.29, 0.717) is 5.92 Å². The van der Waals surface area contributed by atoms with Crippen LogP contribution in [-0.2, 0) is 4.74 Å². The van der Waals surface area contributed by atoms with Crippen molar-refractivity contribution in [3.8, 4) is 0 Å². The first-order valence-corrected chi connectivity index (χ1v) is 5.22. The van der Waals surface area contributed by atoms with Gasteiger partial charge in [-0.25, -0.2) is 0 Å². The van der Waals surface area contributed by atoms with Crippen LogP contribution in [0.1, 0.15) is 25.7 Å². The van der Waals surface area contributed by atoms with Crippen LogP contribution in [0.3, 0.4) is 0 Å². The van der Waals surface area contributed by atoms with E-state index in [4.69, 9.17) is 4.74 Å². The second-order valence-electron chi connectivity index (χ2n) is 3.81. The molecule has 0 spiro atoms. The molecule has 0 aromatic rings. The van der Waals surface area contributed by atoms with Gasteiger partial charge in [-0.1, -0.05) is 6.42 Å². The maximum Gasteiger partial charge on any atom is 0.0580 e. The van der Waals surface area contributed by atoms with E-state index in [1.54, 1.807) is 7.11 Å². The van der Waals surface area contributed by atoms with Gasteiger partial charge >= 0.3 is 0 Å². The second-order valence-corrected chi connectivity index (χ2v) is 3.81. The lowest BCUT2D eigenvalue weighted by Crippen LogP contribution is -2.28. The highest BCUT2D eigenvalue weighted by atomic mass is 16.5. The van der Waals surface area contributed by atoms with E-state index in [2.05, 4.69) is 5.32 Å². The molecular formula is C10H21NO2. The average Bonchev–Trinajstić information content (AvgIpc) is 2.52. The van der Waals surface area contributed by atoms with Crippen molar-refractivity contribution in [1.82, 2.24) is 5.32 Å². The Bertz CT molecular complexity index is 130. The summed E-state index contributed by atoms with van der Waals surface area (Å²) in [6.45, 7) is 2.78. The van der Waals surface area contributed by atoms with Crippen molar-refractivity contribution >= 4 is 0 Å². The first kappa shape index (κ1) is 11.0. The minimum atomic E-state index is -0.0603. The number of methoxy groups -OCH3 is 1. The van der Waals surface area contributed by atoms with Crippen LogP contribution in [-0.4, -0.2) is 38.0 Å². The molecule has 0 aromatic carbocycles. The quantitative estimate of drug-likeness (QED) is 0.604. The number of hydrogen-bond donors (Lipinski definition) is 2. The van der Waals surface area contributed by atoms with E-state index in [1.807, 2.05) is 0 Å². The van der Waals surface area contributed by atoms with Gasteiger partial charge in [-0.15, -0.1) is 0 Å². The van der Waals surface area contributed by atoms with E-state index >= 15 is 0 Å². The average molecular weight is 187 g/mol. The van der Waals surface area contributed by atoms with Gasteiger partial charge in [0.1, 0.15) is 0 Å². The second kappa shape index (κ2) is 6.35. The molecule has 0 aromatic heterocycles. The molecule has 0 heterocycles. The Hall–Kier alpha value is -0.120. The van der Waals surface area contributed by atoms with Crippen molar-refractivity contribution in [2.45, 2.75) is 31.8 Å². The van der Waals surface area contributed by atoms with Gasteiger partial charge in [0.2, 0.25) is 0 Å². The lowest BCUT2D eigenvalue weighted by atomic mass is 10.1. The molecule has 2 atom stereocenters. The lowest BCUT2D eigenvalue weighted by molar-refractivity contribution is 0.131. The molecule has 2 N–H and O–H groups in total. The van der Waals surface area contributed by atoms with Crippen molar-refractivity contribution < 1.29 is 9.84 Å². The molecule has 2 unspecified atom stereocenters. The third kappa shape index (κ3) is 4.07. The third-order valence-corrected chi connectivity index (χ3v) is 2.73. The molecule has 3 nitrogen and oxygen atoms in total. The van der Waals surface area contributed by atoms with Crippen LogP contribution in [0.15, 0.2) is 0 Å². The molecule has 0 amide bonds. The van der Waals surface area contributed by atoms with Gasteiger partial charge in [-0.2, -0.15) is 0 Å². The summed E-state index contributed by atoms with van der Waals surface area (Å²) in [5.74, 6) is 0.488. The van der Waals surface area contributed by atoms with Crippen LogP contribution in [0.25, 0.3) is 0 Å². The van der Waals surface area contributed by atoms with Crippen molar-refractivity contribution in [3.63, 3.8) is 0 Å². The summed E-state index contributed by atoms with van der Waals surface area (Å²) < 4.78 is 4.95. The van der Waals surface area contributed by atoms with E-state index < -0.39 is 0 Å². The number of aliphatic hydroxyl groups is 1. The summed E-state index contributed by atoms with van der Waals surface area (Å²) in [5, 5.41) is 12.9. The third-order valence-electron chi connectivity index (χ3n) is 2.73. The topological polar surface area (TPSA) is 41.5 Å². The number of ether oxygens (including phenoxy) is 1. The van der Waals surface area contributed by atoms with Crippen LogP contribution in [0.2, 0.25) is 0 Å². The van der Waals surface area contributed by atoms with Gasteiger partial charge in [-0.05, 0) is 31.7 Å².